The molecule has 2 saturated carbocycles. The molecule has 0 spiro atoms. The lowest BCUT2D eigenvalue weighted by atomic mass is 10.0. The highest BCUT2D eigenvalue weighted by atomic mass is 16.5. The average molecular weight is 329 g/mol. The lowest BCUT2D eigenvalue weighted by molar-refractivity contribution is 0.0695. The standard InChI is InChI=1S/C18H23N3O3/c1-10-16-13(8-14(11-6-7-11)19-17(16)24-20-10)18(23)21(2)9-12-4-3-5-15(12)22/h8,11-12,15,22H,3-7,9H2,1-2H3. The molecule has 2 atom stereocenters. The average Bonchev–Trinajstić information content (AvgIpc) is 3.26. The van der Waals surface area contributed by atoms with Gasteiger partial charge >= 0.3 is 0 Å². The largest absolute Gasteiger partial charge is 0.393 e. The first-order chi connectivity index (χ1) is 11.5. The van der Waals surface area contributed by atoms with Crippen LogP contribution in [0.15, 0.2) is 10.6 Å². The fourth-order valence-electron chi connectivity index (χ4n) is 3.74. The summed E-state index contributed by atoms with van der Waals surface area (Å²) in [7, 11) is 1.80. The van der Waals surface area contributed by atoms with Crippen molar-refractivity contribution in [3.05, 3.63) is 23.0 Å². The molecule has 24 heavy (non-hydrogen) atoms. The molecule has 1 N–H and O–H groups in total. The molecule has 0 aromatic carbocycles. The van der Waals surface area contributed by atoms with Crippen LogP contribution in [0.4, 0.5) is 0 Å². The van der Waals surface area contributed by atoms with Gasteiger partial charge in [-0.2, -0.15) is 0 Å². The van der Waals surface area contributed by atoms with E-state index in [0.717, 1.165) is 37.8 Å². The van der Waals surface area contributed by atoms with Gasteiger partial charge in [0.15, 0.2) is 0 Å². The Bertz CT molecular complexity index is 781. The number of carbonyl (C=O) groups excluding carboxylic acids is 1. The van der Waals surface area contributed by atoms with E-state index in [1.807, 2.05) is 13.0 Å². The SMILES string of the molecule is Cc1noc2nc(C3CC3)cc(C(=O)N(C)CC3CCCC3O)c12. The van der Waals surface area contributed by atoms with Crippen LogP contribution in [0.1, 0.15) is 59.8 Å². The highest BCUT2D eigenvalue weighted by molar-refractivity contribution is 6.06. The van der Waals surface area contributed by atoms with E-state index < -0.39 is 0 Å². The van der Waals surface area contributed by atoms with Crippen LogP contribution >= 0.6 is 0 Å². The van der Waals surface area contributed by atoms with Crippen molar-refractivity contribution in [1.29, 1.82) is 0 Å². The van der Waals surface area contributed by atoms with Crippen molar-refractivity contribution in [2.45, 2.75) is 51.0 Å². The summed E-state index contributed by atoms with van der Waals surface area (Å²) in [5.74, 6) is 0.561. The van der Waals surface area contributed by atoms with Crippen LogP contribution in [-0.2, 0) is 0 Å². The Morgan fingerprint density at radius 1 is 1.38 bits per heavy atom. The molecule has 6 heteroatoms. The molecule has 2 aromatic rings. The van der Waals surface area contributed by atoms with E-state index in [0.29, 0.717) is 34.8 Å². The summed E-state index contributed by atoms with van der Waals surface area (Å²) in [6, 6.07) is 1.91. The molecule has 6 nitrogen and oxygen atoms in total. The monoisotopic (exact) mass is 329 g/mol. The van der Waals surface area contributed by atoms with E-state index in [9.17, 15) is 9.90 Å². The van der Waals surface area contributed by atoms with Crippen molar-refractivity contribution >= 4 is 17.0 Å². The molecule has 0 bridgehead atoms. The molecular formula is C18H23N3O3. The van der Waals surface area contributed by atoms with Gasteiger partial charge in [0, 0.05) is 31.1 Å². The lowest BCUT2D eigenvalue weighted by Gasteiger charge is -2.23. The van der Waals surface area contributed by atoms with Crippen molar-refractivity contribution in [1.82, 2.24) is 15.0 Å². The van der Waals surface area contributed by atoms with Crippen LogP contribution in [-0.4, -0.2) is 45.8 Å². The number of hydrogen-bond acceptors (Lipinski definition) is 5. The Balaban J connectivity index is 1.66. The second-order valence-electron chi connectivity index (χ2n) is 7.26. The van der Waals surface area contributed by atoms with Gasteiger partial charge in [-0.1, -0.05) is 11.6 Å². The number of rotatable bonds is 4. The maximum atomic E-state index is 13.0. The molecule has 2 aliphatic carbocycles. The number of hydrogen-bond donors (Lipinski definition) is 1. The maximum absolute atomic E-state index is 13.0. The van der Waals surface area contributed by atoms with Gasteiger partial charge in [0.2, 0.25) is 0 Å². The summed E-state index contributed by atoms with van der Waals surface area (Å²) in [6.45, 7) is 2.41. The number of aliphatic hydroxyl groups is 1. The maximum Gasteiger partial charge on any atom is 0.259 e. The molecule has 2 fully saturated rings. The Morgan fingerprint density at radius 3 is 2.83 bits per heavy atom. The van der Waals surface area contributed by atoms with Crippen molar-refractivity contribution in [2.24, 2.45) is 5.92 Å². The van der Waals surface area contributed by atoms with Crippen LogP contribution in [0.25, 0.3) is 11.1 Å². The number of aryl methyl sites for hydroxylation is 1. The van der Waals surface area contributed by atoms with Crippen molar-refractivity contribution < 1.29 is 14.4 Å². The summed E-state index contributed by atoms with van der Waals surface area (Å²) in [5.41, 5.74) is 2.69. The van der Waals surface area contributed by atoms with Gasteiger partial charge in [0.05, 0.1) is 22.7 Å². The van der Waals surface area contributed by atoms with Gasteiger partial charge in [0.1, 0.15) is 0 Å². The number of amides is 1. The molecule has 1 amide bonds. The van der Waals surface area contributed by atoms with Crippen molar-refractivity contribution in [3.8, 4) is 0 Å². The summed E-state index contributed by atoms with van der Waals surface area (Å²) < 4.78 is 5.32. The quantitative estimate of drug-likeness (QED) is 0.933. The molecule has 0 saturated heterocycles. The predicted octanol–water partition coefficient (Wildman–Crippen LogP) is 2.64. The minimum Gasteiger partial charge on any atom is -0.393 e. The second kappa shape index (κ2) is 5.84. The number of aliphatic hydroxyl groups excluding tert-OH is 1. The van der Waals surface area contributed by atoms with E-state index in [-0.39, 0.29) is 17.9 Å². The van der Waals surface area contributed by atoms with Gasteiger partial charge in [-0.05, 0) is 38.7 Å². The fraction of sp³-hybridized carbons (Fsp3) is 0.611. The molecule has 0 radical (unpaired) electrons. The highest BCUT2D eigenvalue weighted by Crippen LogP contribution is 2.40. The second-order valence-corrected chi connectivity index (χ2v) is 7.26. The Kier molecular flexibility index (Phi) is 3.79. The molecule has 128 valence electrons. The van der Waals surface area contributed by atoms with Gasteiger partial charge in [-0.15, -0.1) is 0 Å². The lowest BCUT2D eigenvalue weighted by Crippen LogP contribution is -2.34. The zero-order valence-electron chi connectivity index (χ0n) is 14.2. The minimum atomic E-state index is -0.294. The van der Waals surface area contributed by atoms with Crippen molar-refractivity contribution in [3.63, 3.8) is 0 Å². The highest BCUT2D eigenvalue weighted by Gasteiger charge is 2.31. The smallest absolute Gasteiger partial charge is 0.259 e. The minimum absolute atomic E-state index is 0.0466. The summed E-state index contributed by atoms with van der Waals surface area (Å²) in [5, 5.41) is 14.7. The summed E-state index contributed by atoms with van der Waals surface area (Å²) >= 11 is 0. The number of aromatic nitrogens is 2. The number of fused-ring (bicyclic) bond motifs is 1. The molecule has 2 heterocycles. The Morgan fingerprint density at radius 2 is 2.17 bits per heavy atom. The molecule has 0 aliphatic heterocycles. The molecule has 2 unspecified atom stereocenters. The molecule has 2 aromatic heterocycles. The molecular weight excluding hydrogens is 306 g/mol. The van der Waals surface area contributed by atoms with E-state index in [2.05, 4.69) is 10.1 Å². The van der Waals surface area contributed by atoms with Crippen LogP contribution in [0.2, 0.25) is 0 Å². The third-order valence-corrected chi connectivity index (χ3v) is 5.34. The predicted molar refractivity (Wildman–Crippen MR) is 88.8 cm³/mol. The number of pyridine rings is 1. The van der Waals surface area contributed by atoms with Gasteiger partial charge < -0.3 is 14.5 Å². The normalized spacial score (nSPS) is 23.8. The Labute approximate surface area is 140 Å². The fourth-order valence-corrected chi connectivity index (χ4v) is 3.74. The van der Waals surface area contributed by atoms with Crippen LogP contribution in [0.3, 0.4) is 0 Å². The van der Waals surface area contributed by atoms with Gasteiger partial charge in [-0.25, -0.2) is 4.98 Å². The van der Waals surface area contributed by atoms with E-state index in [1.54, 1.807) is 11.9 Å². The first kappa shape index (κ1) is 15.6. The topological polar surface area (TPSA) is 79.5 Å². The molecule has 2 aliphatic rings. The van der Waals surface area contributed by atoms with E-state index in [4.69, 9.17) is 4.52 Å². The Hall–Kier alpha value is -1.95. The molecule has 4 rings (SSSR count). The van der Waals surface area contributed by atoms with E-state index in [1.165, 1.54) is 0 Å². The van der Waals surface area contributed by atoms with Crippen LogP contribution < -0.4 is 0 Å². The first-order valence-corrected chi connectivity index (χ1v) is 8.75. The number of nitrogens with zero attached hydrogens (tertiary/aromatic N) is 3. The zero-order chi connectivity index (χ0) is 16.8. The van der Waals surface area contributed by atoms with Crippen LogP contribution in [0, 0.1) is 12.8 Å². The van der Waals surface area contributed by atoms with Gasteiger partial charge in [0.25, 0.3) is 11.6 Å². The first-order valence-electron chi connectivity index (χ1n) is 8.75. The van der Waals surface area contributed by atoms with Crippen molar-refractivity contribution in [2.75, 3.05) is 13.6 Å². The summed E-state index contributed by atoms with van der Waals surface area (Å²) in [4.78, 5) is 19.3. The third kappa shape index (κ3) is 2.69. The van der Waals surface area contributed by atoms with Crippen LogP contribution in [0.5, 0.6) is 0 Å². The van der Waals surface area contributed by atoms with E-state index >= 15 is 0 Å². The van der Waals surface area contributed by atoms with Gasteiger partial charge in [-0.3, -0.25) is 4.79 Å². The zero-order valence-corrected chi connectivity index (χ0v) is 14.2. The number of carbonyl (C=O) groups is 1. The third-order valence-electron chi connectivity index (χ3n) is 5.34. The summed E-state index contributed by atoms with van der Waals surface area (Å²) in [6.07, 6.45) is 4.78.